The summed E-state index contributed by atoms with van der Waals surface area (Å²) in [6, 6.07) is 2.04. The summed E-state index contributed by atoms with van der Waals surface area (Å²) >= 11 is 3.72. The monoisotopic (exact) mass is 339 g/mol. The van der Waals surface area contributed by atoms with Gasteiger partial charge in [-0.25, -0.2) is 0 Å². The van der Waals surface area contributed by atoms with Crippen LogP contribution < -0.4 is 15.2 Å². The molecule has 2 N–H and O–H groups in total. The Bertz CT molecular complexity index is 524. The summed E-state index contributed by atoms with van der Waals surface area (Å²) in [4.78, 5) is 0. The standard InChI is InChI=1S/C16H22BrNO2/c1-10(2)13-14(16(18)5-3-6-16)11(17)9-12-15(13)20-8-4-7-19-12/h9-10H,3-8,18H2,1-2H3. The molecule has 1 aliphatic carbocycles. The van der Waals surface area contributed by atoms with E-state index in [4.69, 9.17) is 15.2 Å². The highest BCUT2D eigenvalue weighted by Crippen LogP contribution is 2.51. The highest BCUT2D eigenvalue weighted by molar-refractivity contribution is 9.10. The summed E-state index contributed by atoms with van der Waals surface area (Å²) < 4.78 is 12.9. The fraction of sp³-hybridized carbons (Fsp3) is 0.625. The summed E-state index contributed by atoms with van der Waals surface area (Å²) in [7, 11) is 0. The maximum atomic E-state index is 6.61. The van der Waals surface area contributed by atoms with Crippen molar-refractivity contribution in [3.05, 3.63) is 21.7 Å². The first kappa shape index (κ1) is 14.2. The lowest BCUT2D eigenvalue weighted by atomic mass is 9.70. The van der Waals surface area contributed by atoms with E-state index in [1.54, 1.807) is 0 Å². The van der Waals surface area contributed by atoms with Gasteiger partial charge in [0.05, 0.1) is 13.2 Å². The minimum atomic E-state index is -0.205. The van der Waals surface area contributed by atoms with Crippen LogP contribution in [0, 0.1) is 0 Å². The van der Waals surface area contributed by atoms with Crippen molar-refractivity contribution in [1.29, 1.82) is 0 Å². The number of nitrogens with two attached hydrogens (primary N) is 1. The molecular formula is C16H22BrNO2. The van der Waals surface area contributed by atoms with E-state index >= 15 is 0 Å². The van der Waals surface area contributed by atoms with Crippen LogP contribution in [0.15, 0.2) is 10.5 Å². The van der Waals surface area contributed by atoms with Gasteiger partial charge in [-0.1, -0.05) is 29.8 Å². The molecule has 1 heterocycles. The number of hydrogen-bond donors (Lipinski definition) is 1. The average molecular weight is 340 g/mol. The van der Waals surface area contributed by atoms with E-state index < -0.39 is 0 Å². The van der Waals surface area contributed by atoms with Gasteiger partial charge in [0.15, 0.2) is 11.5 Å². The molecule has 1 aliphatic heterocycles. The second kappa shape index (κ2) is 5.23. The van der Waals surface area contributed by atoms with Gasteiger partial charge in [-0.3, -0.25) is 0 Å². The molecule has 0 amide bonds. The molecule has 0 bridgehead atoms. The molecule has 110 valence electrons. The maximum absolute atomic E-state index is 6.61. The fourth-order valence-corrected chi connectivity index (χ4v) is 3.98. The van der Waals surface area contributed by atoms with Gasteiger partial charge in [0, 0.05) is 22.0 Å². The van der Waals surface area contributed by atoms with Crippen LogP contribution in [0.1, 0.15) is 56.6 Å². The molecular weight excluding hydrogens is 318 g/mol. The van der Waals surface area contributed by atoms with Gasteiger partial charge in [-0.15, -0.1) is 0 Å². The van der Waals surface area contributed by atoms with Crippen LogP contribution in [0.4, 0.5) is 0 Å². The number of fused-ring (bicyclic) bond motifs is 1. The number of ether oxygens (including phenoxy) is 2. The fourth-order valence-electron chi connectivity index (χ4n) is 3.16. The van der Waals surface area contributed by atoms with Crippen LogP contribution >= 0.6 is 15.9 Å². The first-order chi connectivity index (χ1) is 9.53. The normalized spacial score (nSPS) is 20.4. The molecule has 3 rings (SSSR count). The predicted molar refractivity (Wildman–Crippen MR) is 83.6 cm³/mol. The van der Waals surface area contributed by atoms with E-state index in [1.807, 2.05) is 6.07 Å². The predicted octanol–water partition coefficient (Wildman–Crippen LogP) is 4.07. The molecule has 4 heteroatoms. The van der Waals surface area contributed by atoms with Crippen LogP contribution in [0.2, 0.25) is 0 Å². The minimum absolute atomic E-state index is 0.205. The highest BCUT2D eigenvalue weighted by atomic mass is 79.9. The molecule has 3 nitrogen and oxygen atoms in total. The summed E-state index contributed by atoms with van der Waals surface area (Å²) in [5.74, 6) is 2.12. The largest absolute Gasteiger partial charge is 0.490 e. The third-order valence-electron chi connectivity index (χ3n) is 4.35. The van der Waals surface area contributed by atoms with Gasteiger partial charge in [0.25, 0.3) is 0 Å². The second-order valence-electron chi connectivity index (χ2n) is 6.19. The minimum Gasteiger partial charge on any atom is -0.490 e. The third kappa shape index (κ3) is 2.23. The molecule has 0 spiro atoms. The van der Waals surface area contributed by atoms with Crippen LogP contribution in [-0.4, -0.2) is 13.2 Å². The molecule has 0 unspecified atom stereocenters. The summed E-state index contributed by atoms with van der Waals surface area (Å²) in [5, 5.41) is 0. The van der Waals surface area contributed by atoms with Crippen molar-refractivity contribution in [2.24, 2.45) is 5.73 Å². The molecule has 1 aromatic carbocycles. The lowest BCUT2D eigenvalue weighted by Crippen LogP contribution is -2.44. The molecule has 0 radical (unpaired) electrons. The molecule has 2 aliphatic rings. The van der Waals surface area contributed by atoms with E-state index in [9.17, 15) is 0 Å². The van der Waals surface area contributed by atoms with E-state index in [0.29, 0.717) is 19.1 Å². The Kier molecular flexibility index (Phi) is 3.71. The van der Waals surface area contributed by atoms with E-state index in [-0.39, 0.29) is 5.54 Å². The molecule has 0 atom stereocenters. The first-order valence-electron chi connectivity index (χ1n) is 7.44. The van der Waals surface area contributed by atoms with Crippen LogP contribution in [-0.2, 0) is 5.54 Å². The van der Waals surface area contributed by atoms with Gasteiger partial charge < -0.3 is 15.2 Å². The van der Waals surface area contributed by atoms with Crippen molar-refractivity contribution >= 4 is 15.9 Å². The zero-order chi connectivity index (χ0) is 14.3. The molecule has 1 saturated carbocycles. The smallest absolute Gasteiger partial charge is 0.165 e. The Morgan fingerprint density at radius 1 is 1.20 bits per heavy atom. The number of hydrogen-bond acceptors (Lipinski definition) is 3. The molecule has 1 fully saturated rings. The van der Waals surface area contributed by atoms with Crippen molar-refractivity contribution in [1.82, 2.24) is 0 Å². The Balaban J connectivity index is 2.21. The van der Waals surface area contributed by atoms with Gasteiger partial charge in [-0.2, -0.15) is 0 Å². The number of halogens is 1. The zero-order valence-corrected chi connectivity index (χ0v) is 13.8. The Hall–Kier alpha value is -0.740. The molecule has 0 aromatic heterocycles. The van der Waals surface area contributed by atoms with Gasteiger partial charge in [0.1, 0.15) is 0 Å². The van der Waals surface area contributed by atoms with Crippen molar-refractivity contribution in [2.75, 3.05) is 13.2 Å². The van der Waals surface area contributed by atoms with Gasteiger partial charge in [-0.05, 0) is 36.8 Å². The number of rotatable bonds is 2. The van der Waals surface area contributed by atoms with Crippen molar-refractivity contribution in [2.45, 2.75) is 51.0 Å². The van der Waals surface area contributed by atoms with Gasteiger partial charge in [0.2, 0.25) is 0 Å². The Labute approximate surface area is 129 Å². The Morgan fingerprint density at radius 3 is 2.50 bits per heavy atom. The van der Waals surface area contributed by atoms with Crippen molar-refractivity contribution < 1.29 is 9.47 Å². The molecule has 1 aromatic rings. The van der Waals surface area contributed by atoms with Crippen LogP contribution in [0.5, 0.6) is 11.5 Å². The quantitative estimate of drug-likeness (QED) is 0.883. The molecule has 0 saturated heterocycles. The van der Waals surface area contributed by atoms with E-state index in [0.717, 1.165) is 35.2 Å². The van der Waals surface area contributed by atoms with Crippen molar-refractivity contribution in [3.63, 3.8) is 0 Å². The summed E-state index contributed by atoms with van der Waals surface area (Å²) in [5.41, 5.74) is 8.85. The SMILES string of the molecule is CC(C)c1c2c(cc(Br)c1C1(N)CCC1)OCCCO2. The Morgan fingerprint density at radius 2 is 1.90 bits per heavy atom. The summed E-state index contributed by atoms with van der Waals surface area (Å²) in [6.45, 7) is 5.82. The zero-order valence-electron chi connectivity index (χ0n) is 12.2. The average Bonchev–Trinajstić information content (AvgIpc) is 2.59. The van der Waals surface area contributed by atoms with Crippen molar-refractivity contribution in [3.8, 4) is 11.5 Å². The van der Waals surface area contributed by atoms with Gasteiger partial charge >= 0.3 is 0 Å². The second-order valence-corrected chi connectivity index (χ2v) is 7.04. The molecule has 20 heavy (non-hydrogen) atoms. The third-order valence-corrected chi connectivity index (χ3v) is 4.97. The first-order valence-corrected chi connectivity index (χ1v) is 8.23. The number of benzene rings is 1. The highest BCUT2D eigenvalue weighted by Gasteiger charge is 2.40. The van der Waals surface area contributed by atoms with Crippen LogP contribution in [0.25, 0.3) is 0 Å². The maximum Gasteiger partial charge on any atom is 0.165 e. The van der Waals surface area contributed by atoms with E-state index in [1.165, 1.54) is 17.5 Å². The lowest BCUT2D eigenvalue weighted by Gasteiger charge is -2.41. The van der Waals surface area contributed by atoms with Crippen LogP contribution in [0.3, 0.4) is 0 Å². The lowest BCUT2D eigenvalue weighted by molar-refractivity contribution is 0.247. The van der Waals surface area contributed by atoms with E-state index in [2.05, 4.69) is 29.8 Å². The topological polar surface area (TPSA) is 44.5 Å². The summed E-state index contributed by atoms with van der Waals surface area (Å²) in [6.07, 6.45) is 4.22.